The number of nitrogen functional groups attached to an aromatic ring is 1. The number of halogens is 1. The van der Waals surface area contributed by atoms with Gasteiger partial charge in [-0.25, -0.2) is 0 Å². The van der Waals surface area contributed by atoms with E-state index in [1.807, 2.05) is 0 Å². The summed E-state index contributed by atoms with van der Waals surface area (Å²) in [6.07, 6.45) is 5.98. The molecular weight excluding hydrogens is 288 g/mol. The Morgan fingerprint density at radius 1 is 1.24 bits per heavy atom. The first kappa shape index (κ1) is 17.8. The molecule has 1 rings (SSSR count). The fraction of sp³-hybridized carbons (Fsp3) is 0.562. The van der Waals surface area contributed by atoms with Crippen LogP contribution in [0.25, 0.3) is 0 Å². The van der Waals surface area contributed by atoms with E-state index in [9.17, 15) is 4.79 Å². The van der Waals surface area contributed by atoms with E-state index in [2.05, 4.69) is 12.2 Å². The minimum absolute atomic E-state index is 0.0358. The van der Waals surface area contributed by atoms with E-state index in [0.29, 0.717) is 29.4 Å². The highest BCUT2D eigenvalue weighted by molar-refractivity contribution is 6.33. The minimum Gasteiger partial charge on any atom is -0.397 e. The van der Waals surface area contributed by atoms with Crippen molar-refractivity contribution in [2.45, 2.75) is 45.4 Å². The van der Waals surface area contributed by atoms with Crippen molar-refractivity contribution in [3.05, 3.63) is 23.2 Å². The Hall–Kier alpha value is -1.26. The fourth-order valence-electron chi connectivity index (χ4n) is 1.91. The van der Waals surface area contributed by atoms with Crippen molar-refractivity contribution in [2.24, 2.45) is 0 Å². The Morgan fingerprint density at radius 2 is 2.00 bits per heavy atom. The minimum atomic E-state index is -0.0358. The van der Waals surface area contributed by atoms with Gasteiger partial charge in [-0.05, 0) is 31.0 Å². The molecule has 0 unspecified atom stereocenters. The molecule has 3 N–H and O–H groups in total. The lowest BCUT2D eigenvalue weighted by molar-refractivity contribution is -0.116. The molecule has 0 atom stereocenters. The number of rotatable bonds is 10. The summed E-state index contributed by atoms with van der Waals surface area (Å²) in [5.74, 6) is -0.0358. The van der Waals surface area contributed by atoms with Crippen molar-refractivity contribution >= 4 is 28.9 Å². The van der Waals surface area contributed by atoms with E-state index in [1.165, 1.54) is 19.3 Å². The molecule has 0 saturated carbocycles. The molecule has 0 bridgehead atoms. The van der Waals surface area contributed by atoms with Crippen LogP contribution in [0, 0.1) is 0 Å². The monoisotopic (exact) mass is 312 g/mol. The Morgan fingerprint density at radius 3 is 2.71 bits per heavy atom. The Balaban J connectivity index is 2.10. The fourth-order valence-corrected chi connectivity index (χ4v) is 2.03. The number of benzene rings is 1. The molecule has 0 fully saturated rings. The van der Waals surface area contributed by atoms with Gasteiger partial charge in [0.05, 0.1) is 10.7 Å². The van der Waals surface area contributed by atoms with Gasteiger partial charge in [0, 0.05) is 25.3 Å². The van der Waals surface area contributed by atoms with Crippen LogP contribution in [-0.4, -0.2) is 19.1 Å². The first-order valence-electron chi connectivity index (χ1n) is 7.56. The summed E-state index contributed by atoms with van der Waals surface area (Å²) < 4.78 is 5.50. The molecule has 0 aliphatic heterocycles. The third-order valence-corrected chi connectivity index (χ3v) is 3.46. The summed E-state index contributed by atoms with van der Waals surface area (Å²) in [5.41, 5.74) is 6.81. The molecule has 118 valence electrons. The predicted molar refractivity (Wildman–Crippen MR) is 88.7 cm³/mol. The quantitative estimate of drug-likeness (QED) is 0.502. The molecule has 0 heterocycles. The number of hydrogen-bond acceptors (Lipinski definition) is 3. The van der Waals surface area contributed by atoms with E-state index in [1.54, 1.807) is 18.2 Å². The third-order valence-electron chi connectivity index (χ3n) is 3.11. The van der Waals surface area contributed by atoms with Crippen LogP contribution in [-0.2, 0) is 9.53 Å². The highest BCUT2D eigenvalue weighted by Gasteiger charge is 2.04. The van der Waals surface area contributed by atoms with Crippen LogP contribution in [0.3, 0.4) is 0 Å². The van der Waals surface area contributed by atoms with Gasteiger partial charge in [0.1, 0.15) is 0 Å². The molecule has 0 aliphatic carbocycles. The second-order valence-electron chi connectivity index (χ2n) is 5.06. The number of amides is 1. The number of carbonyl (C=O) groups excluding carboxylic acids is 1. The molecule has 1 aromatic rings. The lowest BCUT2D eigenvalue weighted by Crippen LogP contribution is -2.12. The second kappa shape index (κ2) is 10.5. The van der Waals surface area contributed by atoms with Gasteiger partial charge in [-0.1, -0.05) is 37.8 Å². The standard InChI is InChI=1S/C16H25ClN2O2/c1-2-3-4-5-10-21-11-6-7-16(20)19-13-8-9-14(17)15(18)12-13/h8-9,12H,2-7,10-11,18H2,1H3,(H,19,20). The van der Waals surface area contributed by atoms with Gasteiger partial charge >= 0.3 is 0 Å². The zero-order valence-electron chi connectivity index (χ0n) is 12.7. The van der Waals surface area contributed by atoms with E-state index in [0.717, 1.165) is 19.4 Å². The average Bonchev–Trinajstić information content (AvgIpc) is 2.46. The number of unbranched alkanes of at least 4 members (excludes halogenated alkanes) is 3. The number of nitrogens with one attached hydrogen (secondary N) is 1. The Kier molecular flexibility index (Phi) is 8.87. The molecule has 1 aromatic carbocycles. The highest BCUT2D eigenvalue weighted by atomic mass is 35.5. The summed E-state index contributed by atoms with van der Waals surface area (Å²) in [6.45, 7) is 3.60. The van der Waals surface area contributed by atoms with E-state index in [4.69, 9.17) is 22.1 Å². The van der Waals surface area contributed by atoms with Crippen LogP contribution < -0.4 is 11.1 Å². The molecule has 0 saturated heterocycles. The van der Waals surface area contributed by atoms with Crippen LogP contribution >= 0.6 is 11.6 Å². The maximum absolute atomic E-state index is 11.7. The number of nitrogens with two attached hydrogens (primary N) is 1. The summed E-state index contributed by atoms with van der Waals surface area (Å²) >= 11 is 5.83. The zero-order valence-corrected chi connectivity index (χ0v) is 13.4. The van der Waals surface area contributed by atoms with Crippen LogP contribution in [0.1, 0.15) is 45.4 Å². The van der Waals surface area contributed by atoms with E-state index < -0.39 is 0 Å². The van der Waals surface area contributed by atoms with Crippen molar-refractivity contribution in [2.75, 3.05) is 24.3 Å². The van der Waals surface area contributed by atoms with Crippen molar-refractivity contribution < 1.29 is 9.53 Å². The van der Waals surface area contributed by atoms with Crippen LogP contribution in [0.5, 0.6) is 0 Å². The van der Waals surface area contributed by atoms with Crippen LogP contribution in [0.15, 0.2) is 18.2 Å². The van der Waals surface area contributed by atoms with Crippen LogP contribution in [0.4, 0.5) is 11.4 Å². The highest BCUT2D eigenvalue weighted by Crippen LogP contribution is 2.22. The van der Waals surface area contributed by atoms with E-state index in [-0.39, 0.29) is 5.91 Å². The molecular formula is C16H25ClN2O2. The lowest BCUT2D eigenvalue weighted by Gasteiger charge is -2.07. The third kappa shape index (κ3) is 7.93. The van der Waals surface area contributed by atoms with Gasteiger partial charge in [0.25, 0.3) is 0 Å². The van der Waals surface area contributed by atoms with Crippen LogP contribution in [0.2, 0.25) is 5.02 Å². The summed E-state index contributed by atoms with van der Waals surface area (Å²) in [6, 6.07) is 5.07. The molecule has 21 heavy (non-hydrogen) atoms. The van der Waals surface area contributed by atoms with Gasteiger partial charge < -0.3 is 15.8 Å². The van der Waals surface area contributed by atoms with Gasteiger partial charge in [-0.2, -0.15) is 0 Å². The number of carbonyl (C=O) groups is 1. The summed E-state index contributed by atoms with van der Waals surface area (Å²) in [5, 5.41) is 3.29. The number of ether oxygens (including phenoxy) is 1. The van der Waals surface area contributed by atoms with Crippen molar-refractivity contribution in [3.63, 3.8) is 0 Å². The first-order valence-corrected chi connectivity index (χ1v) is 7.94. The Bertz CT molecular complexity index is 438. The van der Waals surface area contributed by atoms with Crippen molar-refractivity contribution in [1.82, 2.24) is 0 Å². The van der Waals surface area contributed by atoms with Crippen molar-refractivity contribution in [3.8, 4) is 0 Å². The van der Waals surface area contributed by atoms with Crippen molar-refractivity contribution in [1.29, 1.82) is 0 Å². The number of hydrogen-bond donors (Lipinski definition) is 2. The number of anilines is 2. The lowest BCUT2D eigenvalue weighted by atomic mass is 10.2. The zero-order chi connectivity index (χ0) is 15.5. The average molecular weight is 313 g/mol. The Labute approximate surface area is 132 Å². The topological polar surface area (TPSA) is 64.3 Å². The molecule has 0 radical (unpaired) electrons. The predicted octanol–water partition coefficient (Wildman–Crippen LogP) is 4.24. The molecule has 0 aliphatic rings. The van der Waals surface area contributed by atoms with Gasteiger partial charge in [-0.3, -0.25) is 4.79 Å². The maximum Gasteiger partial charge on any atom is 0.224 e. The van der Waals surface area contributed by atoms with Gasteiger partial charge in [0.15, 0.2) is 0 Å². The molecule has 0 spiro atoms. The first-order chi connectivity index (χ1) is 10.1. The van der Waals surface area contributed by atoms with Gasteiger partial charge in [-0.15, -0.1) is 0 Å². The van der Waals surface area contributed by atoms with Gasteiger partial charge in [0.2, 0.25) is 5.91 Å². The summed E-state index contributed by atoms with van der Waals surface area (Å²) in [4.78, 5) is 11.7. The largest absolute Gasteiger partial charge is 0.397 e. The molecule has 1 amide bonds. The summed E-state index contributed by atoms with van der Waals surface area (Å²) in [7, 11) is 0. The smallest absolute Gasteiger partial charge is 0.224 e. The second-order valence-corrected chi connectivity index (χ2v) is 5.47. The molecule has 4 nitrogen and oxygen atoms in total. The SMILES string of the molecule is CCCCCCOCCCC(=O)Nc1ccc(Cl)c(N)c1. The molecule has 0 aromatic heterocycles. The molecule has 5 heteroatoms. The van der Waals surface area contributed by atoms with E-state index >= 15 is 0 Å². The maximum atomic E-state index is 11.7. The normalized spacial score (nSPS) is 10.6.